The van der Waals surface area contributed by atoms with Crippen LogP contribution in [0.5, 0.6) is 0 Å². The van der Waals surface area contributed by atoms with E-state index in [-0.39, 0.29) is 18.1 Å². The maximum Gasteiger partial charge on any atom is 0.330 e. The van der Waals surface area contributed by atoms with Crippen LogP contribution in [0.4, 0.5) is 11.5 Å². The molecule has 5 N–H and O–H groups in total. The van der Waals surface area contributed by atoms with Crippen LogP contribution in [0.1, 0.15) is 5.69 Å². The molecule has 0 unspecified atom stereocenters. The fraction of sp³-hybridized carbons (Fsp3) is 0.100. The van der Waals surface area contributed by atoms with Crippen molar-refractivity contribution in [3.63, 3.8) is 0 Å². The van der Waals surface area contributed by atoms with E-state index in [0.29, 0.717) is 5.69 Å². The van der Waals surface area contributed by atoms with Gasteiger partial charge in [0.2, 0.25) is 0 Å². The van der Waals surface area contributed by atoms with E-state index in [1.807, 2.05) is 0 Å². The summed E-state index contributed by atoms with van der Waals surface area (Å²) in [7, 11) is 0. The quantitative estimate of drug-likeness (QED) is 0.623. The number of aromatic nitrogens is 3. The molecule has 0 aliphatic rings. The minimum atomic E-state index is -0.676. The minimum Gasteiger partial charge on any atom is -0.391 e. The third-order valence-corrected chi connectivity index (χ3v) is 2.32. The third-order valence-electron chi connectivity index (χ3n) is 2.32. The molecule has 0 atom stereocenters. The predicted molar refractivity (Wildman–Crippen MR) is 63.5 cm³/mol. The van der Waals surface area contributed by atoms with Crippen molar-refractivity contribution in [3.8, 4) is 0 Å². The van der Waals surface area contributed by atoms with Crippen LogP contribution < -0.4 is 22.7 Å². The van der Waals surface area contributed by atoms with Gasteiger partial charge in [0.25, 0.3) is 5.56 Å². The topological polar surface area (TPSA) is 120 Å². The van der Waals surface area contributed by atoms with Crippen molar-refractivity contribution < 1.29 is 0 Å². The van der Waals surface area contributed by atoms with E-state index in [2.05, 4.69) is 9.97 Å². The summed E-state index contributed by atoms with van der Waals surface area (Å²) in [6.07, 6.45) is 1.60. The SMILES string of the molecule is Nc1c(N)n(Cc2ccccn2)c(=O)[nH]c1=O. The second-order valence-corrected chi connectivity index (χ2v) is 3.47. The maximum atomic E-state index is 11.6. The molecule has 2 aromatic heterocycles. The number of hydrogen-bond donors (Lipinski definition) is 3. The first-order valence-electron chi connectivity index (χ1n) is 4.87. The Bertz CT molecular complexity index is 644. The monoisotopic (exact) mass is 233 g/mol. The Hall–Kier alpha value is -2.57. The number of nitrogens with two attached hydrogens (primary N) is 2. The van der Waals surface area contributed by atoms with Gasteiger partial charge in [0.15, 0.2) is 0 Å². The van der Waals surface area contributed by atoms with Crippen LogP contribution in [0.2, 0.25) is 0 Å². The molecule has 88 valence electrons. The van der Waals surface area contributed by atoms with Gasteiger partial charge < -0.3 is 11.5 Å². The number of nitrogen functional groups attached to an aromatic ring is 2. The molecule has 0 aromatic carbocycles. The number of nitrogens with zero attached hydrogens (tertiary/aromatic N) is 2. The molecule has 0 spiro atoms. The summed E-state index contributed by atoms with van der Waals surface area (Å²) in [5, 5.41) is 0. The average molecular weight is 233 g/mol. The van der Waals surface area contributed by atoms with E-state index >= 15 is 0 Å². The highest BCUT2D eigenvalue weighted by atomic mass is 16.2. The first-order valence-corrected chi connectivity index (χ1v) is 4.87. The molecule has 0 bridgehead atoms. The number of hydrogen-bond acceptors (Lipinski definition) is 5. The summed E-state index contributed by atoms with van der Waals surface area (Å²) in [6, 6.07) is 5.29. The molecule has 0 saturated carbocycles. The van der Waals surface area contributed by atoms with Crippen molar-refractivity contribution in [1.82, 2.24) is 14.5 Å². The van der Waals surface area contributed by atoms with Gasteiger partial charge in [0.1, 0.15) is 11.5 Å². The summed E-state index contributed by atoms with van der Waals surface area (Å²) in [5.74, 6) is -0.0515. The molecule has 17 heavy (non-hydrogen) atoms. The molecule has 0 radical (unpaired) electrons. The largest absolute Gasteiger partial charge is 0.391 e. The van der Waals surface area contributed by atoms with Gasteiger partial charge in [-0.2, -0.15) is 0 Å². The summed E-state index contributed by atoms with van der Waals surface area (Å²) in [6.45, 7) is 0.159. The van der Waals surface area contributed by atoms with Crippen LogP contribution in [0.3, 0.4) is 0 Å². The lowest BCUT2D eigenvalue weighted by molar-refractivity contribution is 0.719. The zero-order valence-electron chi connectivity index (χ0n) is 8.88. The minimum absolute atomic E-state index is 0.0515. The summed E-state index contributed by atoms with van der Waals surface area (Å²) in [4.78, 5) is 28.9. The molecule has 2 aromatic rings. The molecular weight excluding hydrogens is 222 g/mol. The zero-order valence-corrected chi connectivity index (χ0v) is 8.88. The maximum absolute atomic E-state index is 11.6. The molecule has 7 nitrogen and oxygen atoms in total. The second kappa shape index (κ2) is 4.12. The van der Waals surface area contributed by atoms with E-state index in [4.69, 9.17) is 11.5 Å². The lowest BCUT2D eigenvalue weighted by Crippen LogP contribution is -2.34. The molecule has 0 saturated heterocycles. The second-order valence-electron chi connectivity index (χ2n) is 3.47. The van der Waals surface area contributed by atoms with Gasteiger partial charge in [-0.25, -0.2) is 4.79 Å². The van der Waals surface area contributed by atoms with Crippen molar-refractivity contribution >= 4 is 11.5 Å². The number of anilines is 2. The number of nitrogens with one attached hydrogen (secondary N) is 1. The zero-order chi connectivity index (χ0) is 12.4. The van der Waals surface area contributed by atoms with Crippen molar-refractivity contribution in [1.29, 1.82) is 0 Å². The van der Waals surface area contributed by atoms with Gasteiger partial charge >= 0.3 is 5.69 Å². The number of H-pyrrole nitrogens is 1. The third kappa shape index (κ3) is 2.03. The first-order chi connectivity index (χ1) is 8.09. The Labute approximate surface area is 95.7 Å². The van der Waals surface area contributed by atoms with E-state index in [1.54, 1.807) is 24.4 Å². The van der Waals surface area contributed by atoms with E-state index in [0.717, 1.165) is 0 Å². The Morgan fingerprint density at radius 3 is 2.71 bits per heavy atom. The van der Waals surface area contributed by atoms with Crippen molar-refractivity contribution in [2.24, 2.45) is 0 Å². The fourth-order valence-corrected chi connectivity index (χ4v) is 1.41. The van der Waals surface area contributed by atoms with Gasteiger partial charge in [-0.1, -0.05) is 6.07 Å². The standard InChI is InChI=1S/C10H11N5O2/c11-7-8(12)15(10(17)14-9(7)16)5-6-3-1-2-4-13-6/h1-4H,5,11-12H2,(H,14,16,17). The van der Waals surface area contributed by atoms with Crippen LogP contribution in [-0.4, -0.2) is 14.5 Å². The van der Waals surface area contributed by atoms with Gasteiger partial charge in [-0.05, 0) is 12.1 Å². The number of aromatic amines is 1. The highest BCUT2D eigenvalue weighted by Gasteiger charge is 2.09. The van der Waals surface area contributed by atoms with Crippen LogP contribution in [0.15, 0.2) is 34.0 Å². The van der Waals surface area contributed by atoms with E-state index in [9.17, 15) is 9.59 Å². The average Bonchev–Trinajstić information content (AvgIpc) is 2.33. The lowest BCUT2D eigenvalue weighted by atomic mass is 10.3. The molecule has 7 heteroatoms. The van der Waals surface area contributed by atoms with Crippen molar-refractivity contribution in [2.75, 3.05) is 11.5 Å². The van der Waals surface area contributed by atoms with Crippen molar-refractivity contribution in [2.45, 2.75) is 6.54 Å². The summed E-state index contributed by atoms with van der Waals surface area (Å²) >= 11 is 0. The smallest absolute Gasteiger partial charge is 0.330 e. The highest BCUT2D eigenvalue weighted by Crippen LogP contribution is 2.06. The van der Waals surface area contributed by atoms with Crippen LogP contribution >= 0.6 is 0 Å². The number of rotatable bonds is 2. The summed E-state index contributed by atoms with van der Waals surface area (Å²) in [5.41, 5.74) is 10.3. The van der Waals surface area contributed by atoms with Crippen molar-refractivity contribution in [3.05, 3.63) is 50.9 Å². The molecule has 0 aliphatic heterocycles. The van der Waals surface area contributed by atoms with Crippen LogP contribution in [-0.2, 0) is 6.54 Å². The van der Waals surface area contributed by atoms with Crippen LogP contribution in [0.25, 0.3) is 0 Å². The molecule has 0 aliphatic carbocycles. The predicted octanol–water partition coefficient (Wildman–Crippen LogP) is -0.856. The highest BCUT2D eigenvalue weighted by molar-refractivity contribution is 5.56. The molecule has 2 heterocycles. The molecule has 0 fully saturated rings. The number of pyridine rings is 1. The molecular formula is C10H11N5O2. The normalized spacial score (nSPS) is 10.4. The first kappa shape index (κ1) is 10.9. The van der Waals surface area contributed by atoms with Gasteiger partial charge in [0.05, 0.1) is 12.2 Å². The lowest BCUT2D eigenvalue weighted by Gasteiger charge is -2.09. The Morgan fingerprint density at radius 2 is 2.06 bits per heavy atom. The van der Waals surface area contributed by atoms with Gasteiger partial charge in [-0.3, -0.25) is 19.3 Å². The van der Waals surface area contributed by atoms with Gasteiger partial charge in [-0.15, -0.1) is 0 Å². The van der Waals surface area contributed by atoms with Gasteiger partial charge in [0, 0.05) is 6.20 Å². The fourth-order valence-electron chi connectivity index (χ4n) is 1.41. The Morgan fingerprint density at radius 1 is 1.29 bits per heavy atom. The molecule has 2 rings (SSSR count). The van der Waals surface area contributed by atoms with E-state index in [1.165, 1.54) is 4.57 Å². The Kier molecular flexibility index (Phi) is 2.65. The van der Waals surface area contributed by atoms with Crippen LogP contribution in [0, 0.1) is 0 Å². The molecule has 0 amide bonds. The van der Waals surface area contributed by atoms with E-state index < -0.39 is 11.2 Å². The summed E-state index contributed by atoms with van der Waals surface area (Å²) < 4.78 is 1.17. The Balaban J connectivity index is 2.51.